The maximum atomic E-state index is 11.9. The Hall–Kier alpha value is -0.870. The van der Waals surface area contributed by atoms with Gasteiger partial charge in [-0.2, -0.15) is 0 Å². The highest BCUT2D eigenvalue weighted by Crippen LogP contribution is 2.43. The number of ether oxygens (including phenoxy) is 1. The first kappa shape index (κ1) is 25.4. The van der Waals surface area contributed by atoms with Crippen molar-refractivity contribution in [1.82, 2.24) is 0 Å². The molecule has 0 aromatic carbocycles. The molecule has 0 heterocycles. The van der Waals surface area contributed by atoms with Gasteiger partial charge in [0.25, 0.3) is 0 Å². The zero-order valence-electron chi connectivity index (χ0n) is 19.3. The molecular formula is C26H46O4. The van der Waals surface area contributed by atoms with Crippen LogP contribution in [0.1, 0.15) is 96.8 Å². The second-order valence-electron chi connectivity index (χ2n) is 9.92. The Morgan fingerprint density at radius 3 is 1.83 bits per heavy atom. The minimum Gasteiger partial charge on any atom is -0.462 e. The van der Waals surface area contributed by atoms with Crippen LogP contribution in [0.5, 0.6) is 0 Å². The lowest BCUT2D eigenvalue weighted by Crippen LogP contribution is -2.26. The molecule has 2 saturated carbocycles. The van der Waals surface area contributed by atoms with E-state index >= 15 is 0 Å². The van der Waals surface area contributed by atoms with Gasteiger partial charge in [-0.25, -0.2) is 4.79 Å². The van der Waals surface area contributed by atoms with Crippen LogP contribution < -0.4 is 0 Å². The molecule has 0 radical (unpaired) electrons. The second kappa shape index (κ2) is 14.2. The Balaban J connectivity index is 1.55. The van der Waals surface area contributed by atoms with E-state index in [-0.39, 0.29) is 18.8 Å². The molecule has 0 aromatic rings. The third-order valence-corrected chi connectivity index (χ3v) is 7.85. The zero-order valence-corrected chi connectivity index (χ0v) is 19.3. The predicted octanol–water partition coefficient (Wildman–Crippen LogP) is 5.66. The van der Waals surface area contributed by atoms with Crippen molar-refractivity contribution >= 4 is 5.97 Å². The average molecular weight is 423 g/mol. The molecule has 2 rings (SSSR count). The molecule has 0 aromatic heterocycles. The smallest absolute Gasteiger partial charge is 0.333 e. The number of unbranched alkanes of at least 4 members (excludes halogenated alkanes) is 2. The summed E-state index contributed by atoms with van der Waals surface area (Å²) < 4.78 is 5.28. The molecular weight excluding hydrogens is 376 g/mol. The van der Waals surface area contributed by atoms with Gasteiger partial charge < -0.3 is 14.9 Å². The third-order valence-electron chi connectivity index (χ3n) is 7.85. The summed E-state index contributed by atoms with van der Waals surface area (Å²) in [6.45, 7) is 5.78. The minimum atomic E-state index is -0.612. The number of aliphatic hydroxyl groups is 2. The fourth-order valence-electron chi connectivity index (χ4n) is 5.65. The van der Waals surface area contributed by atoms with Crippen LogP contribution >= 0.6 is 0 Å². The van der Waals surface area contributed by atoms with E-state index in [0.29, 0.717) is 6.61 Å². The molecule has 2 fully saturated rings. The van der Waals surface area contributed by atoms with Gasteiger partial charge in [-0.15, -0.1) is 0 Å². The van der Waals surface area contributed by atoms with Crippen molar-refractivity contribution in [3.63, 3.8) is 0 Å². The van der Waals surface area contributed by atoms with Gasteiger partial charge in [-0.05, 0) is 62.2 Å². The van der Waals surface area contributed by atoms with Crippen LogP contribution in [0.3, 0.4) is 0 Å². The van der Waals surface area contributed by atoms with Crippen molar-refractivity contribution < 1.29 is 19.7 Å². The number of esters is 1. The zero-order chi connectivity index (χ0) is 21.8. The van der Waals surface area contributed by atoms with Crippen molar-refractivity contribution in [3.05, 3.63) is 12.2 Å². The van der Waals surface area contributed by atoms with E-state index in [0.717, 1.165) is 36.5 Å². The second-order valence-corrected chi connectivity index (χ2v) is 9.92. The molecule has 0 unspecified atom stereocenters. The number of rotatable bonds is 13. The Labute approximate surface area is 184 Å². The number of aliphatic hydroxyl groups excluding tert-OH is 2. The lowest BCUT2D eigenvalue weighted by Gasteiger charge is -2.38. The lowest BCUT2D eigenvalue weighted by molar-refractivity contribution is -0.140. The Morgan fingerprint density at radius 2 is 1.37 bits per heavy atom. The van der Waals surface area contributed by atoms with Crippen molar-refractivity contribution in [2.75, 3.05) is 19.8 Å². The fourth-order valence-corrected chi connectivity index (χ4v) is 5.65. The minimum absolute atomic E-state index is 0.167. The largest absolute Gasteiger partial charge is 0.462 e. The molecule has 0 spiro atoms. The van der Waals surface area contributed by atoms with Gasteiger partial charge in [0.1, 0.15) is 0 Å². The molecule has 174 valence electrons. The topological polar surface area (TPSA) is 66.8 Å². The SMILES string of the molecule is C=C(C(=O)OCCCC1CCC(C2CCC(CCCCC)CC2)CC1)C(CO)CO. The van der Waals surface area contributed by atoms with E-state index < -0.39 is 11.9 Å². The molecule has 2 aliphatic carbocycles. The highest BCUT2D eigenvalue weighted by Gasteiger charge is 2.30. The van der Waals surface area contributed by atoms with Crippen molar-refractivity contribution in [2.24, 2.45) is 29.6 Å². The molecule has 0 saturated heterocycles. The van der Waals surface area contributed by atoms with E-state index in [1.165, 1.54) is 77.0 Å². The highest BCUT2D eigenvalue weighted by atomic mass is 16.5. The van der Waals surface area contributed by atoms with E-state index in [1.54, 1.807) is 0 Å². The van der Waals surface area contributed by atoms with Gasteiger partial charge in [0, 0.05) is 11.5 Å². The predicted molar refractivity (Wildman–Crippen MR) is 122 cm³/mol. The standard InChI is InChI=1S/C26H46O4/c1-3-4-5-7-21-9-13-23(14-10-21)24-15-11-22(12-16-24)8-6-17-30-26(29)20(2)25(18-27)19-28/h21-25,27-28H,2-19H2,1H3. The summed E-state index contributed by atoms with van der Waals surface area (Å²) >= 11 is 0. The van der Waals surface area contributed by atoms with Crippen molar-refractivity contribution in [1.29, 1.82) is 0 Å². The summed E-state index contributed by atoms with van der Waals surface area (Å²) in [7, 11) is 0. The summed E-state index contributed by atoms with van der Waals surface area (Å²) in [6.07, 6.45) is 19.0. The van der Waals surface area contributed by atoms with Gasteiger partial charge in [0.2, 0.25) is 0 Å². The number of carbonyl (C=O) groups excluding carboxylic acids is 1. The summed E-state index contributed by atoms with van der Waals surface area (Å²) in [6, 6.07) is 0. The van der Waals surface area contributed by atoms with Gasteiger partial charge in [0.15, 0.2) is 0 Å². The van der Waals surface area contributed by atoms with Crippen LogP contribution in [-0.4, -0.2) is 36.0 Å². The third kappa shape index (κ3) is 8.34. The molecule has 4 heteroatoms. The number of carbonyl (C=O) groups is 1. The molecule has 0 amide bonds. The molecule has 0 atom stereocenters. The van der Waals surface area contributed by atoms with Gasteiger partial charge >= 0.3 is 5.97 Å². The van der Waals surface area contributed by atoms with Crippen LogP contribution in [-0.2, 0) is 9.53 Å². The molecule has 0 aliphatic heterocycles. The Bertz CT molecular complexity index is 483. The van der Waals surface area contributed by atoms with Crippen LogP contribution in [0, 0.1) is 29.6 Å². The Kier molecular flexibility index (Phi) is 12.1. The van der Waals surface area contributed by atoms with Gasteiger partial charge in [-0.1, -0.05) is 64.9 Å². The molecule has 0 bridgehead atoms. The van der Waals surface area contributed by atoms with E-state index in [4.69, 9.17) is 14.9 Å². The summed E-state index contributed by atoms with van der Waals surface area (Å²) in [5.41, 5.74) is 0.167. The first-order valence-corrected chi connectivity index (χ1v) is 12.7. The molecule has 2 aliphatic rings. The monoisotopic (exact) mass is 422 g/mol. The fraction of sp³-hybridized carbons (Fsp3) is 0.885. The maximum Gasteiger partial charge on any atom is 0.333 e. The summed E-state index contributed by atoms with van der Waals surface area (Å²) in [5, 5.41) is 18.3. The average Bonchev–Trinajstić information content (AvgIpc) is 2.78. The first-order chi connectivity index (χ1) is 14.6. The highest BCUT2D eigenvalue weighted by molar-refractivity contribution is 5.88. The molecule has 2 N–H and O–H groups in total. The van der Waals surface area contributed by atoms with Gasteiger partial charge in [-0.3, -0.25) is 0 Å². The van der Waals surface area contributed by atoms with E-state index in [2.05, 4.69) is 13.5 Å². The van der Waals surface area contributed by atoms with Crippen molar-refractivity contribution in [2.45, 2.75) is 96.8 Å². The van der Waals surface area contributed by atoms with Crippen LogP contribution in [0.2, 0.25) is 0 Å². The van der Waals surface area contributed by atoms with Gasteiger partial charge in [0.05, 0.1) is 19.8 Å². The van der Waals surface area contributed by atoms with Crippen molar-refractivity contribution in [3.8, 4) is 0 Å². The molecule has 30 heavy (non-hydrogen) atoms. The first-order valence-electron chi connectivity index (χ1n) is 12.7. The van der Waals surface area contributed by atoms with Crippen LogP contribution in [0.15, 0.2) is 12.2 Å². The maximum absolute atomic E-state index is 11.9. The Morgan fingerprint density at radius 1 is 0.867 bits per heavy atom. The quantitative estimate of drug-likeness (QED) is 0.228. The van der Waals surface area contributed by atoms with Crippen LogP contribution in [0.25, 0.3) is 0 Å². The summed E-state index contributed by atoms with van der Waals surface area (Å²) in [4.78, 5) is 11.9. The lowest BCUT2D eigenvalue weighted by atomic mass is 9.68. The molecule has 4 nitrogen and oxygen atoms in total. The van der Waals surface area contributed by atoms with E-state index in [9.17, 15) is 4.79 Å². The van der Waals surface area contributed by atoms with Crippen LogP contribution in [0.4, 0.5) is 0 Å². The number of hydrogen-bond acceptors (Lipinski definition) is 4. The number of hydrogen-bond donors (Lipinski definition) is 2. The summed E-state index contributed by atoms with van der Waals surface area (Å²) in [5.74, 6) is 2.61. The normalized spacial score (nSPS) is 27.2. The van der Waals surface area contributed by atoms with E-state index in [1.807, 2.05) is 0 Å².